The quantitative estimate of drug-likeness (QED) is 0.635. The summed E-state index contributed by atoms with van der Waals surface area (Å²) in [5.74, 6) is 0.344. The van der Waals surface area contributed by atoms with E-state index < -0.39 is 10.0 Å². The molecular weight excluding hydrogens is 408 g/mol. The minimum Gasteiger partial charge on any atom is -0.379 e. The zero-order valence-electron chi connectivity index (χ0n) is 16.0. The molecule has 3 aromatic rings. The zero-order chi connectivity index (χ0) is 21.0. The fraction of sp³-hybridized carbons (Fsp3) is 0.250. The Morgan fingerprint density at radius 3 is 2.43 bits per heavy atom. The minimum atomic E-state index is -3.60. The predicted octanol–water partition coefficient (Wildman–Crippen LogP) is 1.69. The van der Waals surface area contributed by atoms with E-state index in [1.165, 1.54) is 28.6 Å². The molecule has 1 N–H and O–H groups in total. The van der Waals surface area contributed by atoms with Gasteiger partial charge in [-0.05, 0) is 24.3 Å². The number of morpholine rings is 1. The van der Waals surface area contributed by atoms with Gasteiger partial charge < -0.3 is 14.6 Å². The molecule has 2 aromatic carbocycles. The second-order valence-electron chi connectivity index (χ2n) is 6.60. The van der Waals surface area contributed by atoms with Crippen LogP contribution in [0.5, 0.6) is 0 Å². The molecule has 0 radical (unpaired) electrons. The van der Waals surface area contributed by atoms with E-state index in [0.717, 1.165) is 5.56 Å². The summed E-state index contributed by atoms with van der Waals surface area (Å²) in [4.78, 5) is 16.8. The van der Waals surface area contributed by atoms with E-state index in [4.69, 9.17) is 9.26 Å². The summed E-state index contributed by atoms with van der Waals surface area (Å²) < 4.78 is 37.0. The number of nitrogens with one attached hydrogen (secondary N) is 1. The van der Waals surface area contributed by atoms with Crippen LogP contribution in [0.4, 0.5) is 0 Å². The lowest BCUT2D eigenvalue weighted by Crippen LogP contribution is -2.40. The first-order valence-electron chi connectivity index (χ1n) is 9.38. The SMILES string of the molecule is O=C(NCc1nc(-c2ccccc2)no1)c1ccc(S(=O)(=O)N2CCOCC2)cc1. The fourth-order valence-corrected chi connectivity index (χ4v) is 4.41. The average molecular weight is 428 g/mol. The second-order valence-corrected chi connectivity index (χ2v) is 8.54. The number of aromatic nitrogens is 2. The van der Waals surface area contributed by atoms with Gasteiger partial charge in [-0.25, -0.2) is 8.42 Å². The van der Waals surface area contributed by atoms with E-state index in [1.807, 2.05) is 30.3 Å². The van der Waals surface area contributed by atoms with Gasteiger partial charge in [0.15, 0.2) is 0 Å². The van der Waals surface area contributed by atoms with Crippen LogP contribution in [0.3, 0.4) is 0 Å². The highest BCUT2D eigenvalue weighted by Crippen LogP contribution is 2.18. The molecule has 9 nitrogen and oxygen atoms in total. The lowest BCUT2D eigenvalue weighted by molar-refractivity contribution is 0.0730. The number of rotatable bonds is 6. The molecule has 1 saturated heterocycles. The normalized spacial score (nSPS) is 15.1. The first-order chi connectivity index (χ1) is 14.5. The second kappa shape index (κ2) is 8.74. The smallest absolute Gasteiger partial charge is 0.251 e. The van der Waals surface area contributed by atoms with Crippen molar-refractivity contribution in [2.75, 3.05) is 26.3 Å². The molecule has 30 heavy (non-hydrogen) atoms. The van der Waals surface area contributed by atoms with E-state index in [2.05, 4.69) is 15.5 Å². The van der Waals surface area contributed by atoms with Crippen LogP contribution < -0.4 is 5.32 Å². The standard InChI is InChI=1S/C20H20N4O5S/c25-20(21-14-18-22-19(23-29-18)15-4-2-1-3-5-15)16-6-8-17(9-7-16)30(26,27)24-10-12-28-13-11-24/h1-9H,10-14H2,(H,21,25). The highest BCUT2D eigenvalue weighted by Gasteiger charge is 2.26. The van der Waals surface area contributed by atoms with E-state index in [0.29, 0.717) is 37.7 Å². The summed E-state index contributed by atoms with van der Waals surface area (Å²) in [7, 11) is -3.60. The summed E-state index contributed by atoms with van der Waals surface area (Å²) in [6.07, 6.45) is 0. The third-order valence-corrected chi connectivity index (χ3v) is 6.54. The van der Waals surface area contributed by atoms with Crippen LogP contribution in [0, 0.1) is 0 Å². The molecule has 0 unspecified atom stereocenters. The number of carbonyl (C=O) groups excluding carboxylic acids is 1. The van der Waals surface area contributed by atoms with Crippen LogP contribution >= 0.6 is 0 Å². The molecule has 1 aromatic heterocycles. The Bertz CT molecular complexity index is 1110. The van der Waals surface area contributed by atoms with E-state index >= 15 is 0 Å². The van der Waals surface area contributed by atoms with Crippen molar-refractivity contribution in [1.82, 2.24) is 19.8 Å². The Labute approximate surface area is 173 Å². The molecule has 1 aliphatic rings. The van der Waals surface area contributed by atoms with E-state index in [-0.39, 0.29) is 23.2 Å². The molecule has 1 amide bonds. The molecule has 10 heteroatoms. The van der Waals surface area contributed by atoms with Gasteiger partial charge >= 0.3 is 0 Å². The van der Waals surface area contributed by atoms with Crippen molar-refractivity contribution in [1.29, 1.82) is 0 Å². The molecule has 1 fully saturated rings. The van der Waals surface area contributed by atoms with Crippen LogP contribution in [0.2, 0.25) is 0 Å². The van der Waals surface area contributed by atoms with Gasteiger partial charge in [-0.2, -0.15) is 9.29 Å². The molecule has 0 spiro atoms. The monoisotopic (exact) mass is 428 g/mol. The largest absolute Gasteiger partial charge is 0.379 e. The van der Waals surface area contributed by atoms with Crippen molar-refractivity contribution in [3.8, 4) is 11.4 Å². The molecule has 0 saturated carbocycles. The highest BCUT2D eigenvalue weighted by atomic mass is 32.2. The lowest BCUT2D eigenvalue weighted by Gasteiger charge is -2.26. The third-order valence-electron chi connectivity index (χ3n) is 4.62. The number of amides is 1. The fourth-order valence-electron chi connectivity index (χ4n) is 3.00. The highest BCUT2D eigenvalue weighted by molar-refractivity contribution is 7.89. The van der Waals surface area contributed by atoms with E-state index in [9.17, 15) is 13.2 Å². The van der Waals surface area contributed by atoms with Crippen molar-refractivity contribution in [3.05, 3.63) is 66.1 Å². The topological polar surface area (TPSA) is 115 Å². The Morgan fingerprint density at radius 1 is 1.03 bits per heavy atom. The number of sulfonamides is 1. The first kappa shape index (κ1) is 20.2. The third kappa shape index (κ3) is 4.40. The minimum absolute atomic E-state index is 0.0620. The number of carbonyl (C=O) groups is 1. The van der Waals surface area contributed by atoms with Crippen molar-refractivity contribution in [3.63, 3.8) is 0 Å². The molecule has 0 atom stereocenters. The van der Waals surface area contributed by atoms with Crippen molar-refractivity contribution in [2.45, 2.75) is 11.4 Å². The first-order valence-corrected chi connectivity index (χ1v) is 10.8. The van der Waals surface area contributed by atoms with Gasteiger partial charge in [-0.15, -0.1) is 0 Å². The average Bonchev–Trinajstić information content (AvgIpc) is 3.28. The Balaban J connectivity index is 1.38. The molecule has 4 rings (SSSR count). The number of nitrogens with zero attached hydrogens (tertiary/aromatic N) is 3. The number of hydrogen-bond donors (Lipinski definition) is 1. The maximum Gasteiger partial charge on any atom is 0.251 e. The van der Waals surface area contributed by atoms with Gasteiger partial charge in [0.1, 0.15) is 0 Å². The zero-order valence-corrected chi connectivity index (χ0v) is 16.8. The summed E-state index contributed by atoms with van der Waals surface area (Å²) in [5, 5.41) is 6.59. The van der Waals surface area contributed by atoms with Crippen LogP contribution in [-0.4, -0.2) is 55.1 Å². The number of hydrogen-bond acceptors (Lipinski definition) is 7. The van der Waals surface area contributed by atoms with Crippen molar-refractivity contribution < 1.29 is 22.5 Å². The van der Waals surface area contributed by atoms with Crippen LogP contribution in [-0.2, 0) is 21.3 Å². The van der Waals surface area contributed by atoms with E-state index in [1.54, 1.807) is 0 Å². The van der Waals surface area contributed by atoms with Gasteiger partial charge in [0.05, 0.1) is 24.7 Å². The summed E-state index contributed by atoms with van der Waals surface area (Å²) in [6.45, 7) is 1.45. The lowest BCUT2D eigenvalue weighted by atomic mass is 10.2. The summed E-state index contributed by atoms with van der Waals surface area (Å²) in [6, 6.07) is 15.2. The van der Waals surface area contributed by atoms with Crippen LogP contribution in [0.15, 0.2) is 64.0 Å². The van der Waals surface area contributed by atoms with Crippen molar-refractivity contribution in [2.24, 2.45) is 0 Å². The van der Waals surface area contributed by atoms with Crippen molar-refractivity contribution >= 4 is 15.9 Å². The molecule has 0 aliphatic carbocycles. The Morgan fingerprint density at radius 2 is 1.73 bits per heavy atom. The maximum atomic E-state index is 12.6. The molecule has 2 heterocycles. The molecule has 156 valence electrons. The van der Waals surface area contributed by atoms with Gasteiger partial charge in [0, 0.05) is 24.2 Å². The van der Waals surface area contributed by atoms with Crippen LogP contribution in [0.1, 0.15) is 16.2 Å². The molecule has 0 bridgehead atoms. The Kier molecular flexibility index (Phi) is 5.88. The van der Waals surface area contributed by atoms with Gasteiger partial charge in [0.2, 0.25) is 21.7 Å². The van der Waals surface area contributed by atoms with Gasteiger partial charge in [-0.3, -0.25) is 4.79 Å². The summed E-state index contributed by atoms with van der Waals surface area (Å²) in [5.41, 5.74) is 1.15. The summed E-state index contributed by atoms with van der Waals surface area (Å²) >= 11 is 0. The number of benzene rings is 2. The van der Waals surface area contributed by atoms with Crippen LogP contribution in [0.25, 0.3) is 11.4 Å². The molecular formula is C20H20N4O5S. The predicted molar refractivity (Wildman–Crippen MR) is 107 cm³/mol. The number of ether oxygens (including phenoxy) is 1. The Hall–Kier alpha value is -3.08. The maximum absolute atomic E-state index is 12.6. The van der Waals surface area contributed by atoms with Gasteiger partial charge in [-0.1, -0.05) is 35.5 Å². The molecule has 1 aliphatic heterocycles. The van der Waals surface area contributed by atoms with Gasteiger partial charge in [0.25, 0.3) is 5.91 Å².